The zero-order valence-corrected chi connectivity index (χ0v) is 10.3. The molecule has 1 aliphatic heterocycles. The molecule has 1 aromatic carbocycles. The lowest BCUT2D eigenvalue weighted by Crippen LogP contribution is -2.25. The molecular weight excluding hydrogens is 228 g/mol. The molecule has 4 heteroatoms. The van der Waals surface area contributed by atoms with Crippen molar-refractivity contribution in [2.24, 2.45) is 0 Å². The van der Waals surface area contributed by atoms with Crippen molar-refractivity contribution in [3.8, 4) is 0 Å². The molecular formula is C14H18N2O2. The minimum atomic E-state index is -0.333. The molecule has 18 heavy (non-hydrogen) atoms. The third-order valence-corrected chi connectivity index (χ3v) is 3.24. The van der Waals surface area contributed by atoms with Crippen LogP contribution in [0.15, 0.2) is 30.3 Å². The van der Waals surface area contributed by atoms with E-state index in [4.69, 9.17) is 0 Å². The number of nitro groups is 1. The van der Waals surface area contributed by atoms with E-state index in [1.54, 1.807) is 18.2 Å². The van der Waals surface area contributed by atoms with E-state index in [-0.39, 0.29) is 10.6 Å². The van der Waals surface area contributed by atoms with Crippen molar-refractivity contribution >= 4 is 11.8 Å². The fourth-order valence-corrected chi connectivity index (χ4v) is 2.23. The maximum Gasteiger partial charge on any atom is 0.276 e. The summed E-state index contributed by atoms with van der Waals surface area (Å²) in [4.78, 5) is 10.6. The van der Waals surface area contributed by atoms with Gasteiger partial charge in [0, 0.05) is 12.1 Å². The Kier molecular flexibility index (Phi) is 4.47. The minimum absolute atomic E-state index is 0.169. The van der Waals surface area contributed by atoms with Crippen LogP contribution in [0, 0.1) is 10.1 Å². The molecule has 0 amide bonds. The maximum absolute atomic E-state index is 10.9. The zero-order valence-electron chi connectivity index (χ0n) is 10.3. The third-order valence-electron chi connectivity index (χ3n) is 3.24. The van der Waals surface area contributed by atoms with E-state index in [2.05, 4.69) is 5.32 Å². The van der Waals surface area contributed by atoms with E-state index in [9.17, 15) is 10.1 Å². The quantitative estimate of drug-likeness (QED) is 0.658. The van der Waals surface area contributed by atoms with Crippen LogP contribution in [-0.2, 0) is 0 Å². The van der Waals surface area contributed by atoms with Crippen molar-refractivity contribution < 1.29 is 4.92 Å². The van der Waals surface area contributed by atoms with E-state index in [1.807, 2.05) is 18.2 Å². The first-order chi connectivity index (χ1) is 8.77. The smallest absolute Gasteiger partial charge is 0.276 e. The molecule has 1 unspecified atom stereocenters. The Morgan fingerprint density at radius 2 is 2.11 bits per heavy atom. The molecule has 0 bridgehead atoms. The monoisotopic (exact) mass is 246 g/mol. The van der Waals surface area contributed by atoms with Crippen molar-refractivity contribution in [3.63, 3.8) is 0 Å². The van der Waals surface area contributed by atoms with Gasteiger partial charge >= 0.3 is 0 Å². The number of nitrogens with one attached hydrogen (secondary N) is 1. The van der Waals surface area contributed by atoms with Crippen molar-refractivity contribution in [1.29, 1.82) is 0 Å². The van der Waals surface area contributed by atoms with Crippen LogP contribution < -0.4 is 5.32 Å². The number of para-hydroxylation sites is 1. The first kappa shape index (κ1) is 12.8. The molecule has 1 heterocycles. The maximum atomic E-state index is 10.9. The largest absolute Gasteiger partial charge is 0.311 e. The summed E-state index contributed by atoms with van der Waals surface area (Å²) >= 11 is 0. The summed E-state index contributed by atoms with van der Waals surface area (Å²) in [6.45, 7) is 1.03. The van der Waals surface area contributed by atoms with Gasteiger partial charge in [-0.1, -0.05) is 37.1 Å². The lowest BCUT2D eigenvalue weighted by Gasteiger charge is -2.10. The Labute approximate surface area is 107 Å². The highest BCUT2D eigenvalue weighted by molar-refractivity contribution is 5.61. The molecule has 1 fully saturated rings. The molecule has 1 N–H and O–H groups in total. The summed E-state index contributed by atoms with van der Waals surface area (Å²) in [5.74, 6) is 0. The van der Waals surface area contributed by atoms with Gasteiger partial charge in [0.05, 0.1) is 10.5 Å². The number of nitro benzene ring substituents is 1. The Bertz CT molecular complexity index is 435. The summed E-state index contributed by atoms with van der Waals surface area (Å²) < 4.78 is 0. The van der Waals surface area contributed by atoms with E-state index in [0.29, 0.717) is 11.6 Å². The topological polar surface area (TPSA) is 55.2 Å². The SMILES string of the molecule is O=[N+]([O-])c1ccccc1/C=C/C1CCCCCN1. The van der Waals surface area contributed by atoms with Crippen molar-refractivity contribution in [2.75, 3.05) is 6.54 Å². The Hall–Kier alpha value is -1.68. The second-order valence-electron chi connectivity index (χ2n) is 4.58. The Morgan fingerprint density at radius 1 is 1.28 bits per heavy atom. The van der Waals surface area contributed by atoms with Crippen LogP contribution in [0.4, 0.5) is 5.69 Å². The molecule has 96 valence electrons. The summed E-state index contributed by atoms with van der Waals surface area (Å²) in [6.07, 6.45) is 8.73. The molecule has 0 saturated carbocycles. The minimum Gasteiger partial charge on any atom is -0.311 e. The number of hydrogen-bond acceptors (Lipinski definition) is 3. The van der Waals surface area contributed by atoms with Crippen LogP contribution in [0.3, 0.4) is 0 Å². The second kappa shape index (κ2) is 6.31. The van der Waals surface area contributed by atoms with E-state index >= 15 is 0 Å². The van der Waals surface area contributed by atoms with Crippen molar-refractivity contribution in [3.05, 3.63) is 46.0 Å². The molecule has 4 nitrogen and oxygen atoms in total. The normalized spacial score (nSPS) is 20.8. The average molecular weight is 246 g/mol. The fourth-order valence-electron chi connectivity index (χ4n) is 2.23. The van der Waals surface area contributed by atoms with Gasteiger partial charge in [-0.15, -0.1) is 0 Å². The number of nitrogens with zero attached hydrogens (tertiary/aromatic N) is 1. The molecule has 1 atom stereocenters. The van der Waals surface area contributed by atoms with Gasteiger partial charge in [-0.25, -0.2) is 0 Å². The molecule has 0 aliphatic carbocycles. The van der Waals surface area contributed by atoms with Gasteiger partial charge in [0.15, 0.2) is 0 Å². The van der Waals surface area contributed by atoms with E-state index in [1.165, 1.54) is 19.3 Å². The second-order valence-corrected chi connectivity index (χ2v) is 4.58. The van der Waals surface area contributed by atoms with Crippen LogP contribution in [0.5, 0.6) is 0 Å². The van der Waals surface area contributed by atoms with Gasteiger partial charge in [0.2, 0.25) is 0 Å². The van der Waals surface area contributed by atoms with Crippen LogP contribution in [0.25, 0.3) is 6.08 Å². The van der Waals surface area contributed by atoms with Gasteiger partial charge in [-0.3, -0.25) is 10.1 Å². The van der Waals surface area contributed by atoms with Gasteiger partial charge in [0.1, 0.15) is 0 Å². The fraction of sp³-hybridized carbons (Fsp3) is 0.429. The molecule has 1 aliphatic rings. The third kappa shape index (κ3) is 3.40. The highest BCUT2D eigenvalue weighted by atomic mass is 16.6. The van der Waals surface area contributed by atoms with Crippen molar-refractivity contribution in [1.82, 2.24) is 5.32 Å². The first-order valence-electron chi connectivity index (χ1n) is 6.42. The summed E-state index contributed by atoms with van der Waals surface area (Å²) in [7, 11) is 0. The van der Waals surface area contributed by atoms with E-state index in [0.717, 1.165) is 13.0 Å². The summed E-state index contributed by atoms with van der Waals surface area (Å²) in [5, 5.41) is 14.3. The number of benzene rings is 1. The highest BCUT2D eigenvalue weighted by Crippen LogP contribution is 2.20. The zero-order chi connectivity index (χ0) is 12.8. The molecule has 0 radical (unpaired) electrons. The number of hydrogen-bond donors (Lipinski definition) is 1. The molecule has 0 aromatic heterocycles. The van der Waals surface area contributed by atoms with E-state index < -0.39 is 0 Å². The predicted octanol–water partition coefficient (Wildman–Crippen LogP) is 3.14. The van der Waals surface area contributed by atoms with Gasteiger partial charge in [-0.05, 0) is 25.5 Å². The highest BCUT2D eigenvalue weighted by Gasteiger charge is 2.11. The lowest BCUT2D eigenvalue weighted by molar-refractivity contribution is -0.385. The van der Waals surface area contributed by atoms with Gasteiger partial charge < -0.3 is 5.32 Å². The number of rotatable bonds is 3. The standard InChI is InChI=1S/C14H18N2O2/c17-16(18)14-8-4-3-6-12(14)9-10-13-7-2-1-5-11-15-13/h3-4,6,8-10,13,15H,1-2,5,7,11H2/b10-9+. The molecule has 0 spiro atoms. The van der Waals surface area contributed by atoms with Crippen LogP contribution in [0.1, 0.15) is 31.2 Å². The van der Waals surface area contributed by atoms with Crippen LogP contribution in [-0.4, -0.2) is 17.5 Å². The van der Waals surface area contributed by atoms with Crippen LogP contribution in [0.2, 0.25) is 0 Å². The van der Waals surface area contributed by atoms with Crippen LogP contribution >= 0.6 is 0 Å². The van der Waals surface area contributed by atoms with Gasteiger partial charge in [-0.2, -0.15) is 0 Å². The Morgan fingerprint density at radius 3 is 2.94 bits per heavy atom. The molecule has 1 saturated heterocycles. The lowest BCUT2D eigenvalue weighted by atomic mass is 10.1. The Balaban J connectivity index is 2.10. The summed E-state index contributed by atoms with van der Waals surface area (Å²) in [5.41, 5.74) is 0.843. The van der Waals surface area contributed by atoms with Crippen molar-refractivity contribution in [2.45, 2.75) is 31.7 Å². The molecule has 1 aromatic rings. The average Bonchev–Trinajstić information content (AvgIpc) is 2.65. The summed E-state index contributed by atoms with van der Waals surface area (Å²) in [6, 6.07) is 7.19. The first-order valence-corrected chi connectivity index (χ1v) is 6.42. The predicted molar refractivity (Wildman–Crippen MR) is 72.4 cm³/mol. The molecule has 2 rings (SSSR count). The van der Waals surface area contributed by atoms with Gasteiger partial charge in [0.25, 0.3) is 5.69 Å².